The van der Waals surface area contributed by atoms with Crippen LogP contribution < -0.4 is 0 Å². The van der Waals surface area contributed by atoms with Gasteiger partial charge in [0, 0.05) is 11.1 Å². The van der Waals surface area contributed by atoms with Crippen LogP contribution in [-0.4, -0.2) is 14.5 Å². The molecule has 3 aromatic rings. The van der Waals surface area contributed by atoms with E-state index in [4.69, 9.17) is 0 Å². The van der Waals surface area contributed by atoms with E-state index in [-0.39, 0.29) is 0 Å². The van der Waals surface area contributed by atoms with E-state index < -0.39 is 0 Å². The van der Waals surface area contributed by atoms with E-state index in [9.17, 15) is 0 Å². The van der Waals surface area contributed by atoms with Gasteiger partial charge in [-0.15, -0.1) is 11.3 Å². The number of imidazole rings is 1. The molecule has 0 unspecified atom stereocenters. The van der Waals surface area contributed by atoms with Crippen LogP contribution in [0, 0.1) is 6.92 Å². The molecule has 16 heavy (non-hydrogen) atoms. The van der Waals surface area contributed by atoms with Crippen molar-refractivity contribution in [1.82, 2.24) is 14.5 Å². The fourth-order valence-corrected chi connectivity index (χ4v) is 2.58. The van der Waals surface area contributed by atoms with Gasteiger partial charge in [0.15, 0.2) is 0 Å². The van der Waals surface area contributed by atoms with Gasteiger partial charge in [0.1, 0.15) is 0 Å². The third-order valence-corrected chi connectivity index (χ3v) is 3.42. The van der Waals surface area contributed by atoms with Crippen molar-refractivity contribution in [1.29, 1.82) is 0 Å². The zero-order valence-corrected chi connectivity index (χ0v) is 9.74. The van der Waals surface area contributed by atoms with Crippen molar-refractivity contribution in [2.75, 3.05) is 0 Å². The van der Waals surface area contributed by atoms with E-state index in [1.165, 1.54) is 10.4 Å². The number of hydrogen-bond donors (Lipinski definition) is 0. The van der Waals surface area contributed by atoms with Gasteiger partial charge in [0.05, 0.1) is 28.9 Å². The first-order chi connectivity index (χ1) is 7.83. The Bertz CT molecular complexity index is 624. The highest BCUT2D eigenvalue weighted by Crippen LogP contribution is 2.17. The topological polar surface area (TPSA) is 30.7 Å². The van der Waals surface area contributed by atoms with Crippen LogP contribution in [-0.2, 0) is 6.54 Å². The Morgan fingerprint density at radius 2 is 2.12 bits per heavy atom. The fourth-order valence-electron chi connectivity index (χ4n) is 1.78. The van der Waals surface area contributed by atoms with Gasteiger partial charge in [-0.25, -0.2) is 9.97 Å². The molecule has 0 radical (unpaired) electrons. The Kier molecular flexibility index (Phi) is 2.22. The van der Waals surface area contributed by atoms with E-state index in [1.807, 2.05) is 37.6 Å². The standard InChI is InChI=1S/C12H11N3S/c1-9-13-6-10(16-9)7-15-8-14-11-4-2-3-5-12(11)15/h2-6,8H,7H2,1H3. The van der Waals surface area contributed by atoms with E-state index in [2.05, 4.69) is 20.6 Å². The number of thiazole rings is 1. The molecular formula is C12H11N3S. The molecule has 0 aliphatic carbocycles. The van der Waals surface area contributed by atoms with E-state index >= 15 is 0 Å². The molecule has 0 saturated heterocycles. The summed E-state index contributed by atoms with van der Waals surface area (Å²) in [4.78, 5) is 9.90. The largest absolute Gasteiger partial charge is 0.325 e. The summed E-state index contributed by atoms with van der Waals surface area (Å²) >= 11 is 1.73. The summed E-state index contributed by atoms with van der Waals surface area (Å²) < 4.78 is 2.16. The minimum atomic E-state index is 0.853. The molecule has 0 saturated carbocycles. The van der Waals surface area contributed by atoms with Crippen LogP contribution in [0.5, 0.6) is 0 Å². The Hall–Kier alpha value is -1.68. The molecule has 0 aliphatic rings. The first-order valence-corrected chi connectivity index (χ1v) is 5.96. The van der Waals surface area contributed by atoms with Gasteiger partial charge in [-0.05, 0) is 19.1 Å². The van der Waals surface area contributed by atoms with Gasteiger partial charge >= 0.3 is 0 Å². The Morgan fingerprint density at radius 3 is 2.94 bits per heavy atom. The molecule has 80 valence electrons. The number of aryl methyl sites for hydroxylation is 1. The maximum atomic E-state index is 4.37. The highest BCUT2D eigenvalue weighted by Gasteiger charge is 2.03. The zero-order chi connectivity index (χ0) is 11.0. The monoisotopic (exact) mass is 229 g/mol. The van der Waals surface area contributed by atoms with Gasteiger partial charge in [-0.3, -0.25) is 0 Å². The van der Waals surface area contributed by atoms with E-state index in [0.29, 0.717) is 0 Å². The molecule has 2 aromatic heterocycles. The molecule has 0 bridgehead atoms. The normalized spacial score (nSPS) is 11.1. The van der Waals surface area contributed by atoms with Gasteiger partial charge < -0.3 is 4.57 Å². The molecule has 0 aliphatic heterocycles. The maximum Gasteiger partial charge on any atom is 0.0961 e. The third-order valence-electron chi connectivity index (χ3n) is 2.52. The lowest BCUT2D eigenvalue weighted by Gasteiger charge is -2.00. The van der Waals surface area contributed by atoms with Gasteiger partial charge in [0.25, 0.3) is 0 Å². The average molecular weight is 229 g/mol. The molecule has 0 N–H and O–H groups in total. The third kappa shape index (κ3) is 1.61. The van der Waals surface area contributed by atoms with Crippen molar-refractivity contribution in [3.05, 3.63) is 46.7 Å². The van der Waals surface area contributed by atoms with Crippen LogP contribution in [0.25, 0.3) is 11.0 Å². The summed E-state index contributed by atoms with van der Waals surface area (Å²) in [5, 5.41) is 1.11. The quantitative estimate of drug-likeness (QED) is 0.676. The number of benzene rings is 1. The van der Waals surface area contributed by atoms with E-state index in [0.717, 1.165) is 17.1 Å². The van der Waals surface area contributed by atoms with Crippen LogP contribution in [0.2, 0.25) is 0 Å². The van der Waals surface area contributed by atoms with Crippen LogP contribution in [0.4, 0.5) is 0 Å². The molecule has 1 aromatic carbocycles. The Balaban J connectivity index is 2.00. The second-order valence-corrected chi connectivity index (χ2v) is 5.03. The lowest BCUT2D eigenvalue weighted by atomic mass is 10.3. The fraction of sp³-hybridized carbons (Fsp3) is 0.167. The summed E-state index contributed by atoms with van der Waals surface area (Å²) in [6.45, 7) is 2.88. The van der Waals surface area contributed by atoms with Crippen molar-refractivity contribution in [2.24, 2.45) is 0 Å². The number of fused-ring (bicyclic) bond motifs is 1. The molecule has 0 atom stereocenters. The summed E-state index contributed by atoms with van der Waals surface area (Å²) in [6.07, 6.45) is 3.83. The molecule has 3 rings (SSSR count). The molecule has 0 spiro atoms. The van der Waals surface area contributed by atoms with Gasteiger partial charge in [-0.1, -0.05) is 12.1 Å². The van der Waals surface area contributed by atoms with Crippen LogP contribution in [0.1, 0.15) is 9.88 Å². The zero-order valence-electron chi connectivity index (χ0n) is 8.92. The summed E-state index contributed by atoms with van der Waals surface area (Å²) in [6, 6.07) is 8.18. The van der Waals surface area contributed by atoms with Crippen molar-refractivity contribution in [2.45, 2.75) is 13.5 Å². The lowest BCUT2D eigenvalue weighted by Crippen LogP contribution is -1.95. The molecule has 0 fully saturated rings. The lowest BCUT2D eigenvalue weighted by molar-refractivity contribution is 0.836. The second-order valence-electron chi connectivity index (χ2n) is 3.71. The molecule has 4 heteroatoms. The van der Waals surface area contributed by atoms with E-state index in [1.54, 1.807) is 11.3 Å². The van der Waals surface area contributed by atoms with Crippen LogP contribution >= 0.6 is 11.3 Å². The predicted molar refractivity (Wildman–Crippen MR) is 65.7 cm³/mol. The number of rotatable bonds is 2. The number of aromatic nitrogens is 3. The Morgan fingerprint density at radius 1 is 1.25 bits per heavy atom. The van der Waals surface area contributed by atoms with Crippen LogP contribution in [0.3, 0.4) is 0 Å². The summed E-state index contributed by atoms with van der Waals surface area (Å²) in [5.74, 6) is 0. The SMILES string of the molecule is Cc1ncc(Cn2cnc3ccccc32)s1. The van der Waals surface area contributed by atoms with Gasteiger partial charge in [0.2, 0.25) is 0 Å². The smallest absolute Gasteiger partial charge is 0.0961 e. The Labute approximate surface area is 97.4 Å². The molecule has 3 nitrogen and oxygen atoms in total. The van der Waals surface area contributed by atoms with Crippen molar-refractivity contribution >= 4 is 22.4 Å². The number of nitrogens with zero attached hydrogens (tertiary/aromatic N) is 3. The minimum absolute atomic E-state index is 0.853. The predicted octanol–water partition coefficient (Wildman–Crippen LogP) is 2.85. The van der Waals surface area contributed by atoms with Gasteiger partial charge in [-0.2, -0.15) is 0 Å². The highest BCUT2D eigenvalue weighted by molar-refractivity contribution is 7.11. The van der Waals surface area contributed by atoms with Crippen LogP contribution in [0.15, 0.2) is 36.8 Å². The first kappa shape index (κ1) is 9.54. The minimum Gasteiger partial charge on any atom is -0.325 e. The maximum absolute atomic E-state index is 4.37. The molecular weight excluding hydrogens is 218 g/mol. The second kappa shape index (κ2) is 3.72. The number of hydrogen-bond acceptors (Lipinski definition) is 3. The molecule has 2 heterocycles. The first-order valence-electron chi connectivity index (χ1n) is 5.14. The highest BCUT2D eigenvalue weighted by atomic mass is 32.1. The summed E-state index contributed by atoms with van der Waals surface area (Å²) in [5.41, 5.74) is 2.22. The van der Waals surface area contributed by atoms with Crippen molar-refractivity contribution < 1.29 is 0 Å². The molecule has 0 amide bonds. The average Bonchev–Trinajstić information content (AvgIpc) is 2.87. The summed E-state index contributed by atoms with van der Waals surface area (Å²) in [7, 11) is 0. The van der Waals surface area contributed by atoms with Crippen molar-refractivity contribution in [3.8, 4) is 0 Å². The van der Waals surface area contributed by atoms with Crippen molar-refractivity contribution in [3.63, 3.8) is 0 Å². The number of para-hydroxylation sites is 2.